The highest BCUT2D eigenvalue weighted by atomic mass is 35.5. The van der Waals surface area contributed by atoms with E-state index < -0.39 is 15.8 Å². The lowest BCUT2D eigenvalue weighted by atomic mass is 10.3. The largest absolute Gasteiger partial charge is 0.330 e. The predicted molar refractivity (Wildman–Crippen MR) is 72.1 cm³/mol. The van der Waals surface area contributed by atoms with Gasteiger partial charge >= 0.3 is 0 Å². The summed E-state index contributed by atoms with van der Waals surface area (Å²) in [4.78, 5) is 0. The Bertz CT molecular complexity index is 500. The number of anilines is 1. The standard InChI is InChI=1S/C10H13Cl2FN2O2S/c11-8-5-7(6-9(12)10(8)13)15-18(16,17)4-2-1-3-14/h5-6,15H,1-4,14H2. The summed E-state index contributed by atoms with van der Waals surface area (Å²) in [6.45, 7) is 0.434. The summed E-state index contributed by atoms with van der Waals surface area (Å²) < 4.78 is 38.7. The molecular weight excluding hydrogens is 302 g/mol. The van der Waals surface area contributed by atoms with Gasteiger partial charge in [-0.3, -0.25) is 4.72 Å². The number of nitrogens with two attached hydrogens (primary N) is 1. The summed E-state index contributed by atoms with van der Waals surface area (Å²) in [6.07, 6.45) is 1.07. The van der Waals surface area contributed by atoms with Crippen molar-refractivity contribution < 1.29 is 12.8 Å². The van der Waals surface area contributed by atoms with Gasteiger partial charge in [0.2, 0.25) is 10.0 Å². The van der Waals surface area contributed by atoms with Gasteiger partial charge in [-0.25, -0.2) is 12.8 Å². The molecule has 0 bridgehead atoms. The van der Waals surface area contributed by atoms with E-state index in [1.807, 2.05) is 0 Å². The summed E-state index contributed by atoms with van der Waals surface area (Å²) in [7, 11) is -3.50. The van der Waals surface area contributed by atoms with Crippen LogP contribution in [0.15, 0.2) is 12.1 Å². The smallest absolute Gasteiger partial charge is 0.232 e. The third-order valence-corrected chi connectivity index (χ3v) is 4.05. The zero-order valence-electron chi connectivity index (χ0n) is 9.42. The van der Waals surface area contributed by atoms with Crippen LogP contribution in [0.25, 0.3) is 0 Å². The fraction of sp³-hybridized carbons (Fsp3) is 0.400. The van der Waals surface area contributed by atoms with Crippen LogP contribution in [0.3, 0.4) is 0 Å². The van der Waals surface area contributed by atoms with E-state index in [1.54, 1.807) is 0 Å². The third kappa shape index (κ3) is 4.61. The summed E-state index contributed by atoms with van der Waals surface area (Å²) >= 11 is 11.1. The highest BCUT2D eigenvalue weighted by molar-refractivity contribution is 7.92. The first-order valence-corrected chi connectivity index (χ1v) is 7.61. The highest BCUT2D eigenvalue weighted by Gasteiger charge is 2.13. The SMILES string of the molecule is NCCCCS(=O)(=O)Nc1cc(Cl)c(F)c(Cl)c1. The summed E-state index contributed by atoms with van der Waals surface area (Å²) in [5, 5.41) is -0.468. The highest BCUT2D eigenvalue weighted by Crippen LogP contribution is 2.27. The van der Waals surface area contributed by atoms with Crippen molar-refractivity contribution in [1.29, 1.82) is 0 Å². The molecule has 0 unspecified atom stereocenters. The first kappa shape index (κ1) is 15.5. The molecule has 0 atom stereocenters. The Morgan fingerprint density at radius 2 is 1.78 bits per heavy atom. The van der Waals surface area contributed by atoms with Gasteiger partial charge in [0.15, 0.2) is 5.82 Å². The van der Waals surface area contributed by atoms with Crippen molar-refractivity contribution in [3.8, 4) is 0 Å². The molecule has 0 saturated heterocycles. The minimum Gasteiger partial charge on any atom is -0.330 e. The van der Waals surface area contributed by atoms with E-state index in [-0.39, 0.29) is 21.5 Å². The number of rotatable bonds is 6. The van der Waals surface area contributed by atoms with Crippen LogP contribution in [0.2, 0.25) is 10.0 Å². The second kappa shape index (κ2) is 6.56. The molecule has 0 fully saturated rings. The van der Waals surface area contributed by atoms with E-state index in [1.165, 1.54) is 12.1 Å². The molecule has 102 valence electrons. The minimum atomic E-state index is -3.50. The van der Waals surface area contributed by atoms with Crippen LogP contribution in [-0.2, 0) is 10.0 Å². The van der Waals surface area contributed by atoms with Crippen LogP contribution in [0.1, 0.15) is 12.8 Å². The lowest BCUT2D eigenvalue weighted by Gasteiger charge is -2.09. The Balaban J connectivity index is 2.78. The van der Waals surface area contributed by atoms with Crippen LogP contribution in [-0.4, -0.2) is 20.7 Å². The van der Waals surface area contributed by atoms with E-state index in [9.17, 15) is 12.8 Å². The molecule has 1 rings (SSSR count). The Hall–Kier alpha value is -0.560. The van der Waals surface area contributed by atoms with Crippen molar-refractivity contribution in [2.45, 2.75) is 12.8 Å². The van der Waals surface area contributed by atoms with Crippen LogP contribution in [0.4, 0.5) is 10.1 Å². The molecule has 0 saturated carbocycles. The number of benzene rings is 1. The molecule has 3 N–H and O–H groups in total. The Morgan fingerprint density at radius 3 is 2.28 bits per heavy atom. The number of sulfonamides is 1. The van der Waals surface area contributed by atoms with Crippen molar-refractivity contribution in [3.63, 3.8) is 0 Å². The second-order valence-electron chi connectivity index (χ2n) is 3.67. The van der Waals surface area contributed by atoms with Crippen LogP contribution in [0, 0.1) is 5.82 Å². The van der Waals surface area contributed by atoms with Crippen molar-refractivity contribution in [2.24, 2.45) is 5.73 Å². The molecule has 0 aliphatic heterocycles. The fourth-order valence-electron chi connectivity index (χ4n) is 1.28. The first-order valence-electron chi connectivity index (χ1n) is 5.21. The molecule has 0 spiro atoms. The van der Waals surface area contributed by atoms with Crippen LogP contribution in [0.5, 0.6) is 0 Å². The number of unbranched alkanes of at least 4 members (excludes halogenated alkanes) is 1. The summed E-state index contributed by atoms with van der Waals surface area (Å²) in [6, 6.07) is 2.34. The van der Waals surface area contributed by atoms with Gasteiger partial charge in [-0.05, 0) is 31.5 Å². The lowest BCUT2D eigenvalue weighted by molar-refractivity contribution is 0.597. The number of hydrogen-bond acceptors (Lipinski definition) is 3. The van der Waals surface area contributed by atoms with Gasteiger partial charge in [-0.2, -0.15) is 0 Å². The van der Waals surface area contributed by atoms with Gasteiger partial charge in [0.25, 0.3) is 0 Å². The molecule has 18 heavy (non-hydrogen) atoms. The van der Waals surface area contributed by atoms with Crippen LogP contribution >= 0.6 is 23.2 Å². The molecular formula is C10H13Cl2FN2O2S. The van der Waals surface area contributed by atoms with E-state index >= 15 is 0 Å². The van der Waals surface area contributed by atoms with Crippen molar-refractivity contribution in [3.05, 3.63) is 28.0 Å². The molecule has 4 nitrogen and oxygen atoms in total. The molecule has 1 aromatic carbocycles. The quantitative estimate of drug-likeness (QED) is 0.626. The summed E-state index contributed by atoms with van der Waals surface area (Å²) in [5.41, 5.74) is 5.41. The topological polar surface area (TPSA) is 72.2 Å². The van der Waals surface area contributed by atoms with Crippen molar-refractivity contribution in [1.82, 2.24) is 0 Å². The first-order chi connectivity index (χ1) is 8.35. The molecule has 0 radical (unpaired) electrons. The molecule has 8 heteroatoms. The zero-order chi connectivity index (χ0) is 13.8. The average molecular weight is 315 g/mol. The average Bonchev–Trinajstić information content (AvgIpc) is 2.25. The fourth-order valence-corrected chi connectivity index (χ4v) is 2.93. The second-order valence-corrected chi connectivity index (χ2v) is 6.33. The van der Waals surface area contributed by atoms with E-state index in [2.05, 4.69) is 4.72 Å². The normalized spacial score (nSPS) is 11.6. The molecule has 0 aliphatic rings. The van der Waals surface area contributed by atoms with Crippen molar-refractivity contribution in [2.75, 3.05) is 17.0 Å². The van der Waals surface area contributed by atoms with Crippen molar-refractivity contribution >= 4 is 38.9 Å². The van der Waals surface area contributed by atoms with Gasteiger partial charge in [-0.1, -0.05) is 23.2 Å². The van der Waals surface area contributed by atoms with Gasteiger partial charge in [0, 0.05) is 0 Å². The number of halogens is 3. The maximum atomic E-state index is 13.1. The van der Waals surface area contributed by atoms with Gasteiger partial charge in [0.05, 0.1) is 21.5 Å². The maximum Gasteiger partial charge on any atom is 0.232 e. The number of hydrogen-bond donors (Lipinski definition) is 2. The van der Waals surface area contributed by atoms with Gasteiger partial charge < -0.3 is 5.73 Å². The predicted octanol–water partition coefficient (Wildman–Crippen LogP) is 2.61. The zero-order valence-corrected chi connectivity index (χ0v) is 11.7. The molecule has 0 aromatic heterocycles. The molecule has 0 heterocycles. The third-order valence-electron chi connectivity index (χ3n) is 2.12. The van der Waals surface area contributed by atoms with Crippen LogP contribution < -0.4 is 10.5 Å². The van der Waals surface area contributed by atoms with E-state index in [0.29, 0.717) is 19.4 Å². The Morgan fingerprint density at radius 1 is 1.22 bits per heavy atom. The molecule has 0 aliphatic carbocycles. The molecule has 1 aromatic rings. The minimum absolute atomic E-state index is 0.0587. The Kier molecular flexibility index (Phi) is 5.65. The monoisotopic (exact) mass is 314 g/mol. The van der Waals surface area contributed by atoms with Gasteiger partial charge in [0.1, 0.15) is 0 Å². The maximum absolute atomic E-state index is 13.1. The van der Waals surface area contributed by atoms with E-state index in [0.717, 1.165) is 0 Å². The lowest BCUT2D eigenvalue weighted by Crippen LogP contribution is -2.17. The summed E-state index contributed by atoms with van der Waals surface area (Å²) in [5.74, 6) is -0.832. The van der Waals surface area contributed by atoms with Gasteiger partial charge in [-0.15, -0.1) is 0 Å². The molecule has 0 amide bonds. The van der Waals surface area contributed by atoms with E-state index in [4.69, 9.17) is 28.9 Å². The Labute approximate surface area is 115 Å². The number of nitrogens with one attached hydrogen (secondary N) is 1.